The zero-order valence-corrected chi connectivity index (χ0v) is 12.3. The number of aryl methyl sites for hydroxylation is 2. The van der Waals surface area contributed by atoms with Crippen LogP contribution < -0.4 is 10.6 Å². The lowest BCUT2D eigenvalue weighted by atomic mass is 10.0. The molecule has 0 fully saturated rings. The highest BCUT2D eigenvalue weighted by Gasteiger charge is 2.20. The molecule has 20 heavy (non-hydrogen) atoms. The Bertz CT molecular complexity index is 598. The van der Waals surface area contributed by atoms with Gasteiger partial charge in [-0.2, -0.15) is 0 Å². The van der Waals surface area contributed by atoms with Crippen LogP contribution in [-0.4, -0.2) is 13.1 Å². The molecule has 2 nitrogen and oxygen atoms in total. The Balaban J connectivity index is 1.78. The van der Waals surface area contributed by atoms with E-state index in [-0.39, 0.29) is 6.04 Å². The van der Waals surface area contributed by atoms with E-state index in [1.54, 1.807) is 0 Å². The monoisotopic (exact) mass is 266 g/mol. The molecule has 0 aliphatic carbocycles. The third-order valence-electron chi connectivity index (χ3n) is 4.07. The largest absolute Gasteiger partial charge is 0.369 e. The average molecular weight is 266 g/mol. The molecule has 1 unspecified atom stereocenters. The molecule has 2 aromatic carbocycles. The molecular formula is C18H22N2. The molecule has 0 amide bonds. The minimum Gasteiger partial charge on any atom is -0.369 e. The van der Waals surface area contributed by atoms with Gasteiger partial charge in [-0.1, -0.05) is 47.5 Å². The lowest BCUT2D eigenvalue weighted by Crippen LogP contribution is -2.30. The van der Waals surface area contributed by atoms with Crippen LogP contribution in [-0.2, 0) is 6.42 Å². The van der Waals surface area contributed by atoms with Crippen LogP contribution in [0, 0.1) is 13.8 Å². The molecular weight excluding hydrogens is 244 g/mol. The maximum atomic E-state index is 6.43. The van der Waals surface area contributed by atoms with E-state index in [1.807, 2.05) is 0 Å². The highest BCUT2D eigenvalue weighted by Crippen LogP contribution is 2.29. The molecule has 1 aliphatic rings. The first kappa shape index (κ1) is 13.2. The molecule has 2 aromatic rings. The Morgan fingerprint density at radius 2 is 1.80 bits per heavy atom. The summed E-state index contributed by atoms with van der Waals surface area (Å²) in [5.41, 5.74) is 13.0. The van der Waals surface area contributed by atoms with Crippen molar-refractivity contribution in [1.82, 2.24) is 0 Å². The predicted octanol–water partition coefficient (Wildman–Crippen LogP) is 3.37. The standard InChI is InChI=1S/C18H22N2/c1-13-9-14(2)11-16(10-13)17(19)12-20-8-7-15-5-3-4-6-18(15)20/h3-6,9-11,17H,7-8,12,19H2,1-2H3. The molecule has 104 valence electrons. The van der Waals surface area contributed by atoms with Gasteiger partial charge in [-0.3, -0.25) is 0 Å². The summed E-state index contributed by atoms with van der Waals surface area (Å²) >= 11 is 0. The zero-order valence-electron chi connectivity index (χ0n) is 12.3. The van der Waals surface area contributed by atoms with E-state index in [0.717, 1.165) is 19.5 Å². The molecule has 1 heterocycles. The second kappa shape index (κ2) is 5.29. The summed E-state index contributed by atoms with van der Waals surface area (Å²) < 4.78 is 0. The molecule has 0 bridgehead atoms. The fraction of sp³-hybridized carbons (Fsp3) is 0.333. The number of benzene rings is 2. The van der Waals surface area contributed by atoms with Crippen molar-refractivity contribution < 1.29 is 0 Å². The minimum atomic E-state index is 0.0692. The molecule has 0 saturated heterocycles. The van der Waals surface area contributed by atoms with Gasteiger partial charge < -0.3 is 10.6 Å². The Morgan fingerprint density at radius 1 is 1.10 bits per heavy atom. The highest BCUT2D eigenvalue weighted by molar-refractivity contribution is 5.58. The normalized spacial score (nSPS) is 15.2. The Hall–Kier alpha value is -1.80. The van der Waals surface area contributed by atoms with E-state index in [0.29, 0.717) is 0 Å². The summed E-state index contributed by atoms with van der Waals surface area (Å²) in [5, 5.41) is 0. The first-order chi connectivity index (χ1) is 9.63. The van der Waals surface area contributed by atoms with Gasteiger partial charge in [0.25, 0.3) is 0 Å². The number of nitrogens with zero attached hydrogens (tertiary/aromatic N) is 1. The first-order valence-electron chi connectivity index (χ1n) is 7.30. The molecule has 1 aliphatic heterocycles. The van der Waals surface area contributed by atoms with Crippen molar-refractivity contribution in [3.63, 3.8) is 0 Å². The van der Waals surface area contributed by atoms with E-state index in [9.17, 15) is 0 Å². The van der Waals surface area contributed by atoms with Crippen LogP contribution >= 0.6 is 0 Å². The van der Waals surface area contributed by atoms with Crippen molar-refractivity contribution in [2.45, 2.75) is 26.3 Å². The van der Waals surface area contributed by atoms with Crippen molar-refractivity contribution in [2.24, 2.45) is 5.73 Å². The Kier molecular flexibility index (Phi) is 3.49. The lowest BCUT2D eigenvalue weighted by Gasteiger charge is -2.24. The van der Waals surface area contributed by atoms with Crippen molar-refractivity contribution >= 4 is 5.69 Å². The van der Waals surface area contributed by atoms with E-state index >= 15 is 0 Å². The van der Waals surface area contributed by atoms with Crippen LogP contribution in [0.2, 0.25) is 0 Å². The van der Waals surface area contributed by atoms with Crippen LogP contribution in [0.3, 0.4) is 0 Å². The van der Waals surface area contributed by atoms with Crippen molar-refractivity contribution in [3.8, 4) is 0 Å². The summed E-state index contributed by atoms with van der Waals surface area (Å²) in [5.74, 6) is 0. The van der Waals surface area contributed by atoms with E-state index in [4.69, 9.17) is 5.73 Å². The molecule has 1 atom stereocenters. The summed E-state index contributed by atoms with van der Waals surface area (Å²) in [6.45, 7) is 6.24. The maximum Gasteiger partial charge on any atom is 0.0473 e. The molecule has 3 rings (SSSR count). The molecule has 0 saturated carbocycles. The van der Waals surface area contributed by atoms with Gasteiger partial charge in [-0.05, 0) is 37.5 Å². The summed E-state index contributed by atoms with van der Waals surface area (Å²) in [6.07, 6.45) is 1.13. The first-order valence-corrected chi connectivity index (χ1v) is 7.30. The van der Waals surface area contributed by atoms with E-state index in [2.05, 4.69) is 61.2 Å². The fourth-order valence-corrected chi connectivity index (χ4v) is 3.16. The molecule has 0 spiro atoms. The van der Waals surface area contributed by atoms with Crippen molar-refractivity contribution in [3.05, 3.63) is 64.7 Å². The van der Waals surface area contributed by atoms with Crippen LogP contribution in [0.1, 0.15) is 28.3 Å². The second-order valence-electron chi connectivity index (χ2n) is 5.85. The predicted molar refractivity (Wildman–Crippen MR) is 85.2 cm³/mol. The smallest absolute Gasteiger partial charge is 0.0473 e. The van der Waals surface area contributed by atoms with E-state index < -0.39 is 0 Å². The minimum absolute atomic E-state index is 0.0692. The van der Waals surface area contributed by atoms with Gasteiger partial charge in [0.2, 0.25) is 0 Å². The number of hydrogen-bond acceptors (Lipinski definition) is 2. The SMILES string of the molecule is Cc1cc(C)cc(C(N)CN2CCc3ccccc32)c1. The van der Waals surface area contributed by atoms with Gasteiger partial charge in [0, 0.05) is 24.8 Å². The number of para-hydroxylation sites is 1. The lowest BCUT2D eigenvalue weighted by molar-refractivity contribution is 0.680. The van der Waals surface area contributed by atoms with Gasteiger partial charge in [0.1, 0.15) is 0 Å². The number of hydrogen-bond donors (Lipinski definition) is 1. The zero-order chi connectivity index (χ0) is 14.1. The van der Waals surface area contributed by atoms with Crippen LogP contribution in [0.25, 0.3) is 0 Å². The summed E-state index contributed by atoms with van der Waals surface area (Å²) in [7, 11) is 0. The van der Waals surface area contributed by atoms with Crippen molar-refractivity contribution in [1.29, 1.82) is 0 Å². The summed E-state index contributed by atoms with van der Waals surface area (Å²) in [4.78, 5) is 2.41. The van der Waals surface area contributed by atoms with Gasteiger partial charge >= 0.3 is 0 Å². The Labute approximate surface area is 121 Å². The number of fused-ring (bicyclic) bond motifs is 1. The Morgan fingerprint density at radius 3 is 2.55 bits per heavy atom. The topological polar surface area (TPSA) is 29.3 Å². The second-order valence-corrected chi connectivity index (χ2v) is 5.85. The average Bonchev–Trinajstić information content (AvgIpc) is 2.81. The van der Waals surface area contributed by atoms with Gasteiger partial charge in [0.15, 0.2) is 0 Å². The van der Waals surface area contributed by atoms with Crippen LogP contribution in [0.5, 0.6) is 0 Å². The summed E-state index contributed by atoms with van der Waals surface area (Å²) in [6, 6.07) is 15.3. The quantitative estimate of drug-likeness (QED) is 0.923. The number of nitrogens with two attached hydrogens (primary N) is 1. The van der Waals surface area contributed by atoms with E-state index in [1.165, 1.54) is 27.9 Å². The number of rotatable bonds is 3. The van der Waals surface area contributed by atoms with Crippen molar-refractivity contribution in [2.75, 3.05) is 18.0 Å². The fourth-order valence-electron chi connectivity index (χ4n) is 3.16. The molecule has 2 N–H and O–H groups in total. The van der Waals surface area contributed by atoms with Gasteiger partial charge in [-0.25, -0.2) is 0 Å². The molecule has 2 heteroatoms. The molecule has 0 radical (unpaired) electrons. The molecule has 0 aromatic heterocycles. The highest BCUT2D eigenvalue weighted by atomic mass is 15.2. The van der Waals surface area contributed by atoms with Gasteiger partial charge in [0.05, 0.1) is 0 Å². The maximum absolute atomic E-state index is 6.43. The third-order valence-corrected chi connectivity index (χ3v) is 4.07. The number of anilines is 1. The third kappa shape index (κ3) is 2.56. The van der Waals surface area contributed by atoms with Crippen LogP contribution in [0.4, 0.5) is 5.69 Å². The van der Waals surface area contributed by atoms with Crippen LogP contribution in [0.15, 0.2) is 42.5 Å². The van der Waals surface area contributed by atoms with Gasteiger partial charge in [-0.15, -0.1) is 0 Å².